The van der Waals surface area contributed by atoms with Crippen LogP contribution < -0.4 is 5.56 Å². The van der Waals surface area contributed by atoms with Gasteiger partial charge in [0.25, 0.3) is 5.56 Å². The number of fused-ring (bicyclic) bond motifs is 1. The van der Waals surface area contributed by atoms with Gasteiger partial charge in [0.05, 0.1) is 10.4 Å². The highest BCUT2D eigenvalue weighted by molar-refractivity contribution is 6.36. The number of hydrogen-bond donors (Lipinski definition) is 1. The number of rotatable bonds is 0. The lowest BCUT2D eigenvalue weighted by Gasteiger charge is -1.98. The summed E-state index contributed by atoms with van der Waals surface area (Å²) in [6.45, 7) is 0. The molecule has 66 valence electrons. The molecule has 0 aromatic carbocycles. The predicted molar refractivity (Wildman–Crippen MR) is 52.4 cm³/mol. The topological polar surface area (TPSA) is 45.8 Å². The third kappa shape index (κ3) is 1.41. The van der Waals surface area contributed by atoms with E-state index in [4.69, 9.17) is 23.2 Å². The molecule has 2 aromatic heterocycles. The average molecular weight is 215 g/mol. The van der Waals surface area contributed by atoms with Crippen molar-refractivity contribution in [3.05, 3.63) is 39.0 Å². The molecule has 0 aliphatic heterocycles. The molecular formula is C8H4Cl2N2O. The zero-order chi connectivity index (χ0) is 9.42. The number of nitrogens with one attached hydrogen (secondary N) is 1. The van der Waals surface area contributed by atoms with E-state index in [1.807, 2.05) is 0 Å². The maximum Gasteiger partial charge on any atom is 0.257 e. The first-order valence-corrected chi connectivity index (χ1v) is 4.26. The summed E-state index contributed by atoms with van der Waals surface area (Å²) >= 11 is 11.5. The molecule has 2 heterocycles. The fraction of sp³-hybridized carbons (Fsp3) is 0. The van der Waals surface area contributed by atoms with Crippen molar-refractivity contribution < 1.29 is 0 Å². The molecule has 0 saturated carbocycles. The van der Waals surface area contributed by atoms with Gasteiger partial charge in [0.15, 0.2) is 0 Å². The molecule has 0 spiro atoms. The molecule has 13 heavy (non-hydrogen) atoms. The van der Waals surface area contributed by atoms with Crippen molar-refractivity contribution in [2.45, 2.75) is 0 Å². The summed E-state index contributed by atoms with van der Waals surface area (Å²) in [6.07, 6.45) is 2.84. The summed E-state index contributed by atoms with van der Waals surface area (Å²) in [7, 11) is 0. The van der Waals surface area contributed by atoms with Gasteiger partial charge in [-0.25, -0.2) is 4.98 Å². The summed E-state index contributed by atoms with van der Waals surface area (Å²) in [4.78, 5) is 17.5. The molecule has 0 aliphatic rings. The Hall–Kier alpha value is -1.06. The van der Waals surface area contributed by atoms with Crippen LogP contribution in [0.3, 0.4) is 0 Å². The maximum atomic E-state index is 11.2. The van der Waals surface area contributed by atoms with Gasteiger partial charge in [0.1, 0.15) is 5.15 Å². The van der Waals surface area contributed by atoms with E-state index >= 15 is 0 Å². The van der Waals surface area contributed by atoms with E-state index in [1.54, 1.807) is 6.07 Å². The van der Waals surface area contributed by atoms with Gasteiger partial charge in [-0.2, -0.15) is 0 Å². The first-order valence-electron chi connectivity index (χ1n) is 3.51. The molecular weight excluding hydrogens is 211 g/mol. The van der Waals surface area contributed by atoms with Gasteiger partial charge in [-0.15, -0.1) is 0 Å². The molecule has 0 aliphatic carbocycles. The first-order chi connectivity index (χ1) is 6.18. The zero-order valence-electron chi connectivity index (χ0n) is 6.34. The van der Waals surface area contributed by atoms with Gasteiger partial charge in [-0.05, 0) is 6.07 Å². The second-order valence-electron chi connectivity index (χ2n) is 2.52. The largest absolute Gasteiger partial charge is 0.327 e. The van der Waals surface area contributed by atoms with Crippen molar-refractivity contribution >= 4 is 34.0 Å². The van der Waals surface area contributed by atoms with Crippen molar-refractivity contribution in [3.63, 3.8) is 0 Å². The third-order valence-electron chi connectivity index (χ3n) is 1.70. The van der Waals surface area contributed by atoms with Crippen LogP contribution in [0.4, 0.5) is 0 Å². The second-order valence-corrected chi connectivity index (χ2v) is 3.31. The molecule has 3 nitrogen and oxygen atoms in total. The molecule has 2 rings (SSSR count). The summed E-state index contributed by atoms with van der Waals surface area (Å²) in [5, 5.41) is 1.83. The van der Waals surface area contributed by atoms with E-state index in [2.05, 4.69) is 9.97 Å². The van der Waals surface area contributed by atoms with Gasteiger partial charge < -0.3 is 4.98 Å². The Balaban J connectivity index is 3.01. The monoisotopic (exact) mass is 214 g/mol. The zero-order valence-corrected chi connectivity index (χ0v) is 7.86. The molecule has 0 fully saturated rings. The lowest BCUT2D eigenvalue weighted by atomic mass is 10.2. The molecule has 0 bridgehead atoms. The molecule has 2 aromatic rings. The van der Waals surface area contributed by atoms with Crippen LogP contribution in [-0.2, 0) is 0 Å². The minimum Gasteiger partial charge on any atom is -0.327 e. The number of halogens is 2. The number of aromatic nitrogens is 2. The van der Waals surface area contributed by atoms with Crippen molar-refractivity contribution in [3.8, 4) is 0 Å². The predicted octanol–water partition coefficient (Wildman–Crippen LogP) is 2.23. The minimum absolute atomic E-state index is 0.219. The Bertz CT molecular complexity index is 521. The summed E-state index contributed by atoms with van der Waals surface area (Å²) in [6, 6.07) is 1.56. The second kappa shape index (κ2) is 3.01. The van der Waals surface area contributed by atoms with Crippen LogP contribution in [0.5, 0.6) is 0 Å². The Morgan fingerprint density at radius 1 is 1.31 bits per heavy atom. The average Bonchev–Trinajstić information content (AvgIpc) is 2.12. The number of aromatic amines is 1. The van der Waals surface area contributed by atoms with E-state index in [9.17, 15) is 4.79 Å². The maximum absolute atomic E-state index is 11.2. The summed E-state index contributed by atoms with van der Waals surface area (Å²) in [5.41, 5.74) is -0.219. The van der Waals surface area contributed by atoms with Crippen LogP contribution >= 0.6 is 23.2 Å². The first kappa shape index (κ1) is 8.53. The third-order valence-corrected chi connectivity index (χ3v) is 2.22. The fourth-order valence-corrected chi connectivity index (χ4v) is 1.46. The van der Waals surface area contributed by atoms with Gasteiger partial charge >= 0.3 is 0 Å². The van der Waals surface area contributed by atoms with Crippen molar-refractivity contribution in [2.75, 3.05) is 0 Å². The number of pyridine rings is 2. The van der Waals surface area contributed by atoms with Crippen LogP contribution in [0.2, 0.25) is 10.2 Å². The minimum atomic E-state index is -0.219. The van der Waals surface area contributed by atoms with E-state index in [0.717, 1.165) is 0 Å². The molecule has 0 amide bonds. The summed E-state index contributed by atoms with van der Waals surface area (Å²) in [5.74, 6) is 0. The van der Waals surface area contributed by atoms with Gasteiger partial charge in [-0.3, -0.25) is 4.79 Å². The Labute approximate surface area is 83.3 Å². The Kier molecular flexibility index (Phi) is 1.98. The van der Waals surface area contributed by atoms with Crippen LogP contribution in [0.15, 0.2) is 23.3 Å². The normalized spacial score (nSPS) is 10.6. The van der Waals surface area contributed by atoms with E-state index in [-0.39, 0.29) is 5.56 Å². The highest BCUT2D eigenvalue weighted by Crippen LogP contribution is 2.20. The molecule has 0 atom stereocenters. The fourth-order valence-electron chi connectivity index (χ4n) is 1.09. The lowest BCUT2D eigenvalue weighted by molar-refractivity contribution is 1.26. The van der Waals surface area contributed by atoms with Crippen LogP contribution in [0.25, 0.3) is 10.8 Å². The van der Waals surface area contributed by atoms with E-state index in [0.29, 0.717) is 20.9 Å². The summed E-state index contributed by atoms with van der Waals surface area (Å²) < 4.78 is 0. The lowest BCUT2D eigenvalue weighted by Crippen LogP contribution is -2.05. The van der Waals surface area contributed by atoms with Crippen molar-refractivity contribution in [1.29, 1.82) is 0 Å². The van der Waals surface area contributed by atoms with E-state index < -0.39 is 0 Å². The number of H-pyrrole nitrogens is 1. The highest BCUT2D eigenvalue weighted by atomic mass is 35.5. The number of hydrogen-bond acceptors (Lipinski definition) is 2. The Morgan fingerprint density at radius 2 is 2.08 bits per heavy atom. The molecule has 0 unspecified atom stereocenters. The number of nitrogens with zero attached hydrogens (tertiary/aromatic N) is 1. The Morgan fingerprint density at radius 3 is 2.85 bits per heavy atom. The standard InChI is InChI=1S/C8H4Cl2N2O/c9-6-3-12-8(13)5-2-11-7(10)1-4(5)6/h1-3H,(H,12,13). The van der Waals surface area contributed by atoms with Crippen LogP contribution in [0.1, 0.15) is 0 Å². The molecule has 0 radical (unpaired) electrons. The van der Waals surface area contributed by atoms with Crippen LogP contribution in [-0.4, -0.2) is 9.97 Å². The van der Waals surface area contributed by atoms with Gasteiger partial charge in [0.2, 0.25) is 0 Å². The SMILES string of the molecule is O=c1[nH]cc(Cl)c2cc(Cl)ncc12. The van der Waals surface area contributed by atoms with Crippen molar-refractivity contribution in [1.82, 2.24) is 9.97 Å². The molecule has 0 saturated heterocycles. The van der Waals surface area contributed by atoms with Crippen LogP contribution in [0, 0.1) is 0 Å². The van der Waals surface area contributed by atoms with Gasteiger partial charge in [-0.1, -0.05) is 23.2 Å². The van der Waals surface area contributed by atoms with Gasteiger partial charge in [0, 0.05) is 17.8 Å². The van der Waals surface area contributed by atoms with Crippen molar-refractivity contribution in [2.24, 2.45) is 0 Å². The highest BCUT2D eigenvalue weighted by Gasteiger charge is 2.03. The quantitative estimate of drug-likeness (QED) is 0.685. The van der Waals surface area contributed by atoms with E-state index in [1.165, 1.54) is 12.4 Å². The molecule has 1 N–H and O–H groups in total. The molecule has 5 heteroatoms. The smallest absolute Gasteiger partial charge is 0.257 e.